The summed E-state index contributed by atoms with van der Waals surface area (Å²) in [6, 6.07) is 32.7. The Labute approximate surface area is 162 Å². The van der Waals surface area contributed by atoms with Crippen molar-refractivity contribution in [3.05, 3.63) is 108 Å². The van der Waals surface area contributed by atoms with E-state index in [1.807, 2.05) is 48.5 Å². The number of carbonyl (C=O) groups is 1. The maximum Gasteiger partial charge on any atom is 0.250 e. The Bertz CT molecular complexity index is 1160. The number of thioether (sulfide) groups is 1. The zero-order valence-electron chi connectivity index (χ0n) is 14.6. The normalized spacial score (nSPS) is 18.3. The maximum absolute atomic E-state index is 13.4. The first-order chi connectivity index (χ1) is 13.3. The third-order valence-corrected chi connectivity index (χ3v) is 6.50. The number of anilines is 1. The van der Waals surface area contributed by atoms with E-state index >= 15 is 0 Å². The first kappa shape index (κ1) is 16.2. The topological polar surface area (TPSA) is 29.1 Å². The standard InChI is InChI=1S/C24H17NOS/c26-23-24(27-20-10-2-1-3-11-20,21-12-6-7-13-22(21)25-23)19-15-14-17-8-4-5-9-18(17)16-19/h1-16H,(H,25,26)/t24-/m1/s1. The Kier molecular flexibility index (Phi) is 3.76. The summed E-state index contributed by atoms with van der Waals surface area (Å²) >= 11 is 1.60. The number of fused-ring (bicyclic) bond motifs is 2. The van der Waals surface area contributed by atoms with Gasteiger partial charge in [-0.15, -0.1) is 0 Å². The molecule has 0 radical (unpaired) electrons. The van der Waals surface area contributed by atoms with Gasteiger partial charge < -0.3 is 5.32 Å². The van der Waals surface area contributed by atoms with Crippen LogP contribution < -0.4 is 5.32 Å². The highest BCUT2D eigenvalue weighted by Gasteiger charge is 2.49. The van der Waals surface area contributed by atoms with Crippen LogP contribution in [0.1, 0.15) is 11.1 Å². The molecule has 1 aliphatic heterocycles. The summed E-state index contributed by atoms with van der Waals surface area (Å²) in [6.07, 6.45) is 0. The summed E-state index contributed by atoms with van der Waals surface area (Å²) in [7, 11) is 0. The predicted molar refractivity (Wildman–Crippen MR) is 112 cm³/mol. The summed E-state index contributed by atoms with van der Waals surface area (Å²) in [5.41, 5.74) is 2.90. The highest BCUT2D eigenvalue weighted by Crippen LogP contribution is 2.53. The van der Waals surface area contributed by atoms with Crippen LogP contribution in [0.3, 0.4) is 0 Å². The van der Waals surface area contributed by atoms with Gasteiger partial charge in [0.15, 0.2) is 4.75 Å². The molecule has 1 heterocycles. The van der Waals surface area contributed by atoms with Crippen LogP contribution in [-0.2, 0) is 9.54 Å². The Morgan fingerprint density at radius 3 is 2.26 bits per heavy atom. The van der Waals surface area contributed by atoms with E-state index in [0.717, 1.165) is 27.1 Å². The van der Waals surface area contributed by atoms with Crippen molar-refractivity contribution >= 4 is 34.1 Å². The second kappa shape index (κ2) is 6.29. The second-order valence-corrected chi connectivity index (χ2v) is 7.95. The number of rotatable bonds is 3. The van der Waals surface area contributed by atoms with Crippen LogP contribution in [0.15, 0.2) is 102 Å². The quantitative estimate of drug-likeness (QED) is 0.494. The summed E-state index contributed by atoms with van der Waals surface area (Å²) in [5, 5.41) is 5.41. The smallest absolute Gasteiger partial charge is 0.250 e. The molecule has 5 rings (SSSR count). The van der Waals surface area contributed by atoms with Crippen LogP contribution in [0.25, 0.3) is 10.8 Å². The summed E-state index contributed by atoms with van der Waals surface area (Å²) in [5.74, 6) is 0.00725. The van der Waals surface area contributed by atoms with Crippen LogP contribution in [0.2, 0.25) is 0 Å². The van der Waals surface area contributed by atoms with Gasteiger partial charge in [-0.2, -0.15) is 0 Å². The van der Waals surface area contributed by atoms with Gasteiger partial charge in [-0.25, -0.2) is 0 Å². The molecule has 2 nitrogen and oxygen atoms in total. The van der Waals surface area contributed by atoms with Crippen molar-refractivity contribution in [2.45, 2.75) is 9.64 Å². The van der Waals surface area contributed by atoms with Gasteiger partial charge >= 0.3 is 0 Å². The Hall–Kier alpha value is -3.04. The van der Waals surface area contributed by atoms with E-state index in [1.165, 1.54) is 5.39 Å². The van der Waals surface area contributed by atoms with E-state index in [9.17, 15) is 4.79 Å². The lowest BCUT2D eigenvalue weighted by atomic mass is 9.90. The zero-order valence-corrected chi connectivity index (χ0v) is 15.4. The molecule has 0 spiro atoms. The minimum absolute atomic E-state index is 0.00725. The minimum atomic E-state index is -0.804. The molecule has 130 valence electrons. The molecule has 27 heavy (non-hydrogen) atoms. The largest absolute Gasteiger partial charge is 0.324 e. The molecule has 0 aliphatic carbocycles. The fraction of sp³-hybridized carbons (Fsp3) is 0.0417. The van der Waals surface area contributed by atoms with E-state index < -0.39 is 4.75 Å². The molecule has 0 saturated heterocycles. The second-order valence-electron chi connectivity index (χ2n) is 6.66. The molecule has 0 unspecified atom stereocenters. The predicted octanol–water partition coefficient (Wildman–Crippen LogP) is 5.83. The van der Waals surface area contributed by atoms with Crippen LogP contribution >= 0.6 is 11.8 Å². The lowest BCUT2D eigenvalue weighted by molar-refractivity contribution is -0.117. The van der Waals surface area contributed by atoms with E-state index in [2.05, 4.69) is 53.8 Å². The molecular formula is C24H17NOS. The Balaban J connectivity index is 1.77. The minimum Gasteiger partial charge on any atom is -0.324 e. The van der Waals surface area contributed by atoms with Gasteiger partial charge in [0.05, 0.1) is 0 Å². The van der Waals surface area contributed by atoms with Crippen molar-refractivity contribution in [3.8, 4) is 0 Å². The summed E-state index contributed by atoms with van der Waals surface area (Å²) in [6.45, 7) is 0. The number of carbonyl (C=O) groups excluding carboxylic acids is 1. The van der Waals surface area contributed by atoms with E-state index in [0.29, 0.717) is 0 Å². The van der Waals surface area contributed by atoms with Gasteiger partial charge in [0.2, 0.25) is 5.91 Å². The molecule has 0 aromatic heterocycles. The molecule has 1 amide bonds. The van der Waals surface area contributed by atoms with Crippen molar-refractivity contribution in [2.24, 2.45) is 0 Å². The number of hydrogen-bond acceptors (Lipinski definition) is 2. The van der Waals surface area contributed by atoms with Gasteiger partial charge in [-0.05, 0) is 40.6 Å². The van der Waals surface area contributed by atoms with Gasteiger partial charge in [0, 0.05) is 16.1 Å². The van der Waals surface area contributed by atoms with Crippen molar-refractivity contribution in [1.29, 1.82) is 0 Å². The van der Waals surface area contributed by atoms with Crippen molar-refractivity contribution in [2.75, 3.05) is 5.32 Å². The molecule has 4 aromatic carbocycles. The van der Waals surface area contributed by atoms with Gasteiger partial charge in [-0.3, -0.25) is 4.79 Å². The highest BCUT2D eigenvalue weighted by atomic mass is 32.2. The lowest BCUT2D eigenvalue weighted by Gasteiger charge is -2.28. The van der Waals surface area contributed by atoms with E-state index in [-0.39, 0.29) is 5.91 Å². The monoisotopic (exact) mass is 367 g/mol. The summed E-state index contributed by atoms with van der Waals surface area (Å²) in [4.78, 5) is 14.4. The van der Waals surface area contributed by atoms with E-state index in [1.54, 1.807) is 11.8 Å². The molecule has 0 bridgehead atoms. The maximum atomic E-state index is 13.4. The Morgan fingerprint density at radius 1 is 0.704 bits per heavy atom. The van der Waals surface area contributed by atoms with E-state index in [4.69, 9.17) is 0 Å². The fourth-order valence-corrected chi connectivity index (χ4v) is 5.08. The van der Waals surface area contributed by atoms with Crippen molar-refractivity contribution < 1.29 is 4.79 Å². The number of nitrogens with one attached hydrogen (secondary N) is 1. The number of benzene rings is 4. The number of para-hydroxylation sites is 1. The van der Waals surface area contributed by atoms with Crippen LogP contribution in [0.5, 0.6) is 0 Å². The van der Waals surface area contributed by atoms with Gasteiger partial charge in [-0.1, -0.05) is 84.6 Å². The highest BCUT2D eigenvalue weighted by molar-refractivity contribution is 8.01. The number of hydrogen-bond donors (Lipinski definition) is 1. The fourth-order valence-electron chi connectivity index (χ4n) is 3.75. The lowest BCUT2D eigenvalue weighted by Crippen LogP contribution is -2.32. The Morgan fingerprint density at radius 2 is 1.41 bits per heavy atom. The van der Waals surface area contributed by atoms with Crippen LogP contribution in [-0.4, -0.2) is 5.91 Å². The first-order valence-corrected chi connectivity index (χ1v) is 9.73. The number of amides is 1. The molecule has 1 aliphatic rings. The average molecular weight is 367 g/mol. The third kappa shape index (κ3) is 2.54. The van der Waals surface area contributed by atoms with Gasteiger partial charge in [0.25, 0.3) is 0 Å². The summed E-state index contributed by atoms with van der Waals surface area (Å²) < 4.78 is -0.804. The molecule has 3 heteroatoms. The SMILES string of the molecule is O=C1Nc2ccccc2[C@]1(Sc1ccccc1)c1ccc2ccccc2c1. The molecule has 0 fully saturated rings. The molecule has 1 atom stereocenters. The molecular weight excluding hydrogens is 350 g/mol. The average Bonchev–Trinajstić information content (AvgIpc) is 3.01. The van der Waals surface area contributed by atoms with Crippen molar-refractivity contribution in [3.63, 3.8) is 0 Å². The van der Waals surface area contributed by atoms with Crippen LogP contribution in [0, 0.1) is 0 Å². The third-order valence-electron chi connectivity index (χ3n) is 5.04. The molecule has 1 N–H and O–H groups in total. The van der Waals surface area contributed by atoms with Crippen LogP contribution in [0.4, 0.5) is 5.69 Å². The van der Waals surface area contributed by atoms with Crippen molar-refractivity contribution in [1.82, 2.24) is 0 Å². The molecule has 4 aromatic rings. The molecule has 0 saturated carbocycles. The van der Waals surface area contributed by atoms with Gasteiger partial charge in [0.1, 0.15) is 0 Å². The first-order valence-electron chi connectivity index (χ1n) is 8.92. The zero-order chi connectivity index (χ0) is 18.3.